The van der Waals surface area contributed by atoms with Gasteiger partial charge >= 0.3 is 5.97 Å². The van der Waals surface area contributed by atoms with Gasteiger partial charge in [0.25, 0.3) is 0 Å². The highest BCUT2D eigenvalue weighted by Gasteiger charge is 2.48. The van der Waals surface area contributed by atoms with Crippen LogP contribution in [0.4, 0.5) is 10.1 Å². The minimum absolute atomic E-state index is 0.114. The van der Waals surface area contributed by atoms with E-state index in [1.807, 2.05) is 45.9 Å². The molecule has 1 N–H and O–H groups in total. The van der Waals surface area contributed by atoms with Crippen molar-refractivity contribution >= 4 is 11.7 Å². The Kier molecular flexibility index (Phi) is 6.42. The van der Waals surface area contributed by atoms with Crippen molar-refractivity contribution < 1.29 is 27.8 Å². The molecule has 2 heterocycles. The number of nitrogens with one attached hydrogen (secondary N) is 1. The van der Waals surface area contributed by atoms with Gasteiger partial charge < -0.3 is 23.9 Å². The standard InChI is InChI=1S/C26H28FNO5/c1-16(2)31-23-20-14-19(28-15-17-7-9-18(27)10-8-17)11-12-21(20)33-26(3,4)24(23)32-25(29)22-6-5-13-30-22/h5-14,16,23-24,28H,15H2,1-4H3. The maximum atomic E-state index is 13.2. The van der Waals surface area contributed by atoms with Crippen LogP contribution in [0.1, 0.15) is 55.5 Å². The highest BCUT2D eigenvalue weighted by Crippen LogP contribution is 2.45. The lowest BCUT2D eigenvalue weighted by Gasteiger charge is -2.44. The second kappa shape index (κ2) is 9.27. The first-order chi connectivity index (χ1) is 15.7. The molecule has 1 aromatic heterocycles. The van der Waals surface area contributed by atoms with Gasteiger partial charge in [-0.05, 0) is 75.7 Å². The number of esters is 1. The first kappa shape index (κ1) is 22.9. The molecule has 3 aromatic rings. The number of hydrogen-bond acceptors (Lipinski definition) is 6. The van der Waals surface area contributed by atoms with Crippen molar-refractivity contribution in [1.29, 1.82) is 0 Å². The molecular formula is C26H28FNO5. The van der Waals surface area contributed by atoms with Crippen LogP contribution < -0.4 is 10.1 Å². The molecular weight excluding hydrogens is 425 g/mol. The third kappa shape index (κ3) is 5.20. The fourth-order valence-electron chi connectivity index (χ4n) is 3.86. The van der Waals surface area contributed by atoms with E-state index in [1.165, 1.54) is 18.4 Å². The summed E-state index contributed by atoms with van der Waals surface area (Å²) in [7, 11) is 0. The minimum Gasteiger partial charge on any atom is -0.483 e. The van der Waals surface area contributed by atoms with E-state index in [9.17, 15) is 9.18 Å². The quantitative estimate of drug-likeness (QED) is 0.450. The van der Waals surface area contributed by atoms with E-state index in [4.69, 9.17) is 18.6 Å². The molecule has 0 aliphatic carbocycles. The average molecular weight is 454 g/mol. The number of anilines is 1. The molecule has 2 unspecified atom stereocenters. The van der Waals surface area contributed by atoms with Gasteiger partial charge in [0, 0.05) is 17.8 Å². The molecule has 174 valence electrons. The van der Waals surface area contributed by atoms with Crippen LogP contribution in [0.5, 0.6) is 5.75 Å². The smallest absolute Gasteiger partial charge is 0.374 e. The van der Waals surface area contributed by atoms with Crippen LogP contribution in [0.15, 0.2) is 65.3 Å². The van der Waals surface area contributed by atoms with Crippen LogP contribution in [-0.4, -0.2) is 23.8 Å². The second-order valence-corrected chi connectivity index (χ2v) is 8.85. The van der Waals surface area contributed by atoms with Crippen molar-refractivity contribution in [3.05, 3.63) is 83.6 Å². The zero-order valence-electron chi connectivity index (χ0n) is 19.1. The van der Waals surface area contributed by atoms with Crippen molar-refractivity contribution in [3.8, 4) is 5.75 Å². The van der Waals surface area contributed by atoms with E-state index in [1.54, 1.807) is 24.3 Å². The summed E-state index contributed by atoms with van der Waals surface area (Å²) >= 11 is 0. The van der Waals surface area contributed by atoms with Crippen LogP contribution in [0.2, 0.25) is 0 Å². The Labute approximate surface area is 192 Å². The Morgan fingerprint density at radius 1 is 1.15 bits per heavy atom. The number of benzene rings is 2. The van der Waals surface area contributed by atoms with Crippen LogP contribution in [-0.2, 0) is 16.0 Å². The summed E-state index contributed by atoms with van der Waals surface area (Å²) < 4.78 is 36.7. The lowest BCUT2D eigenvalue weighted by atomic mass is 9.87. The molecule has 1 aliphatic heterocycles. The topological polar surface area (TPSA) is 69.9 Å². The fourth-order valence-corrected chi connectivity index (χ4v) is 3.86. The summed E-state index contributed by atoms with van der Waals surface area (Å²) in [4.78, 5) is 12.7. The Morgan fingerprint density at radius 3 is 2.58 bits per heavy atom. The van der Waals surface area contributed by atoms with E-state index < -0.39 is 23.8 Å². The predicted molar refractivity (Wildman–Crippen MR) is 122 cm³/mol. The molecule has 7 heteroatoms. The van der Waals surface area contributed by atoms with Crippen molar-refractivity contribution in [2.24, 2.45) is 0 Å². The lowest BCUT2D eigenvalue weighted by Crippen LogP contribution is -2.52. The summed E-state index contributed by atoms with van der Waals surface area (Å²) in [5, 5.41) is 3.35. The molecule has 2 atom stereocenters. The van der Waals surface area contributed by atoms with Crippen molar-refractivity contribution in [1.82, 2.24) is 0 Å². The maximum absolute atomic E-state index is 13.2. The van der Waals surface area contributed by atoms with Gasteiger partial charge in [0.2, 0.25) is 5.76 Å². The number of furan rings is 1. The average Bonchev–Trinajstić information content (AvgIpc) is 3.30. The Morgan fingerprint density at radius 2 is 1.91 bits per heavy atom. The highest BCUT2D eigenvalue weighted by molar-refractivity contribution is 5.86. The van der Waals surface area contributed by atoms with Crippen molar-refractivity contribution in [3.63, 3.8) is 0 Å². The third-order valence-corrected chi connectivity index (χ3v) is 5.43. The van der Waals surface area contributed by atoms with Crippen LogP contribution >= 0.6 is 0 Å². The third-order valence-electron chi connectivity index (χ3n) is 5.43. The fraction of sp³-hybridized carbons (Fsp3) is 0.346. The normalized spacial score (nSPS) is 19.0. The molecule has 6 nitrogen and oxygen atoms in total. The number of halogens is 1. The van der Waals surface area contributed by atoms with Crippen LogP contribution in [0, 0.1) is 5.82 Å². The zero-order chi connectivity index (χ0) is 23.6. The number of hydrogen-bond donors (Lipinski definition) is 1. The molecule has 0 saturated carbocycles. The summed E-state index contributed by atoms with van der Waals surface area (Å²) in [6, 6.07) is 15.3. The summed E-state index contributed by atoms with van der Waals surface area (Å²) in [5.41, 5.74) is 1.74. The van der Waals surface area contributed by atoms with E-state index in [2.05, 4.69) is 5.32 Å². The van der Waals surface area contributed by atoms with Gasteiger partial charge in [-0.3, -0.25) is 0 Å². The summed E-state index contributed by atoms with van der Waals surface area (Å²) in [6.07, 6.45) is 0.0558. The van der Waals surface area contributed by atoms with Crippen molar-refractivity contribution in [2.45, 2.75) is 58.2 Å². The zero-order valence-corrected chi connectivity index (χ0v) is 19.1. The number of carbonyl (C=O) groups is 1. The summed E-state index contributed by atoms with van der Waals surface area (Å²) in [5.74, 6) is -0.0536. The molecule has 1 aliphatic rings. The van der Waals surface area contributed by atoms with Crippen LogP contribution in [0.3, 0.4) is 0 Å². The van der Waals surface area contributed by atoms with Gasteiger partial charge in [0.1, 0.15) is 23.3 Å². The number of fused-ring (bicyclic) bond motifs is 1. The predicted octanol–water partition coefficient (Wildman–Crippen LogP) is 5.89. The molecule has 2 aromatic carbocycles. The summed E-state index contributed by atoms with van der Waals surface area (Å²) in [6.45, 7) is 8.13. The van der Waals surface area contributed by atoms with Gasteiger partial charge in [-0.1, -0.05) is 12.1 Å². The van der Waals surface area contributed by atoms with Crippen molar-refractivity contribution in [2.75, 3.05) is 5.32 Å². The largest absolute Gasteiger partial charge is 0.483 e. The van der Waals surface area contributed by atoms with E-state index >= 15 is 0 Å². The molecule has 0 radical (unpaired) electrons. The number of carbonyl (C=O) groups excluding carboxylic acids is 1. The first-order valence-corrected chi connectivity index (χ1v) is 10.9. The molecule has 0 saturated heterocycles. The van der Waals surface area contributed by atoms with E-state index in [-0.39, 0.29) is 17.7 Å². The van der Waals surface area contributed by atoms with E-state index in [0.29, 0.717) is 12.3 Å². The lowest BCUT2D eigenvalue weighted by molar-refractivity contribution is -0.152. The molecule has 33 heavy (non-hydrogen) atoms. The SMILES string of the molecule is CC(C)OC1c2cc(NCc3ccc(F)cc3)ccc2OC(C)(C)C1OC(=O)c1ccco1. The van der Waals surface area contributed by atoms with Crippen LogP contribution in [0.25, 0.3) is 0 Å². The van der Waals surface area contributed by atoms with Gasteiger partial charge in [0.15, 0.2) is 6.10 Å². The second-order valence-electron chi connectivity index (χ2n) is 8.85. The Hall–Kier alpha value is -3.32. The maximum Gasteiger partial charge on any atom is 0.374 e. The minimum atomic E-state index is -0.835. The number of ether oxygens (including phenoxy) is 3. The number of rotatable bonds is 7. The Balaban J connectivity index is 1.61. The van der Waals surface area contributed by atoms with Gasteiger partial charge in [0.05, 0.1) is 12.4 Å². The van der Waals surface area contributed by atoms with Gasteiger partial charge in [-0.25, -0.2) is 9.18 Å². The molecule has 0 fully saturated rings. The molecule has 0 amide bonds. The van der Waals surface area contributed by atoms with Gasteiger partial charge in [-0.2, -0.15) is 0 Å². The first-order valence-electron chi connectivity index (χ1n) is 10.9. The van der Waals surface area contributed by atoms with E-state index in [0.717, 1.165) is 16.8 Å². The molecule has 4 rings (SSSR count). The highest BCUT2D eigenvalue weighted by atomic mass is 19.1. The molecule has 0 bridgehead atoms. The molecule has 0 spiro atoms. The van der Waals surface area contributed by atoms with Gasteiger partial charge in [-0.15, -0.1) is 0 Å². The Bertz CT molecular complexity index is 1090. The monoisotopic (exact) mass is 453 g/mol.